The lowest BCUT2D eigenvalue weighted by Crippen LogP contribution is -2.20. The summed E-state index contributed by atoms with van der Waals surface area (Å²) in [4.78, 5) is 27.8. The van der Waals surface area contributed by atoms with Crippen molar-refractivity contribution in [3.8, 4) is 22.6 Å². The van der Waals surface area contributed by atoms with Gasteiger partial charge in [-0.25, -0.2) is 4.79 Å². The Morgan fingerprint density at radius 2 is 1.73 bits per heavy atom. The Kier molecular flexibility index (Phi) is 4.40. The predicted molar refractivity (Wildman–Crippen MR) is 101 cm³/mol. The van der Waals surface area contributed by atoms with Crippen LogP contribution >= 0.6 is 0 Å². The van der Waals surface area contributed by atoms with E-state index in [0.717, 1.165) is 4.68 Å². The monoisotopic (exact) mass is 419 g/mol. The molecule has 1 aromatic carbocycles. The second kappa shape index (κ2) is 6.71. The molecule has 0 amide bonds. The van der Waals surface area contributed by atoms with Crippen LogP contribution in [-0.4, -0.2) is 24.4 Å². The molecule has 3 aromatic heterocycles. The number of rotatable bonds is 3. The number of fused-ring (bicyclic) bond motifs is 1. The van der Waals surface area contributed by atoms with Crippen LogP contribution < -0.4 is 11.3 Å². The van der Waals surface area contributed by atoms with Crippen molar-refractivity contribution in [1.29, 1.82) is 0 Å². The number of hydrogen-bond acceptors (Lipinski definition) is 5. The Morgan fingerprint density at radius 3 is 2.30 bits per heavy atom. The Morgan fingerprint density at radius 1 is 1.07 bits per heavy atom. The molecular formula is C19H16F3N5O3. The number of benzene rings is 1. The summed E-state index contributed by atoms with van der Waals surface area (Å²) in [6.07, 6.45) is -4.79. The number of aryl methyl sites for hydroxylation is 1. The second-order valence-electron chi connectivity index (χ2n) is 6.99. The molecule has 156 valence electrons. The number of halogens is 3. The van der Waals surface area contributed by atoms with E-state index in [1.807, 2.05) is 0 Å². The van der Waals surface area contributed by atoms with Crippen LogP contribution in [-0.2, 0) is 6.18 Å². The summed E-state index contributed by atoms with van der Waals surface area (Å²) >= 11 is 0. The van der Waals surface area contributed by atoms with Gasteiger partial charge in [0.1, 0.15) is 11.2 Å². The fraction of sp³-hybridized carbons (Fsp3) is 0.263. The van der Waals surface area contributed by atoms with Crippen molar-refractivity contribution in [2.24, 2.45) is 0 Å². The molecule has 8 nitrogen and oxygen atoms in total. The zero-order valence-corrected chi connectivity index (χ0v) is 16.1. The van der Waals surface area contributed by atoms with Crippen LogP contribution in [0.25, 0.3) is 28.2 Å². The summed E-state index contributed by atoms with van der Waals surface area (Å²) in [6, 6.07) is 7.51. The van der Waals surface area contributed by atoms with Gasteiger partial charge in [0.05, 0.1) is 11.6 Å². The number of nitrogens with one attached hydrogen (secondary N) is 1. The van der Waals surface area contributed by atoms with Gasteiger partial charge in [-0.1, -0.05) is 30.3 Å². The Hall–Kier alpha value is -3.63. The maximum atomic E-state index is 13.7. The zero-order chi connectivity index (χ0) is 21.8. The van der Waals surface area contributed by atoms with E-state index in [1.54, 1.807) is 32.0 Å². The van der Waals surface area contributed by atoms with E-state index >= 15 is 0 Å². The van der Waals surface area contributed by atoms with Gasteiger partial charge in [0.15, 0.2) is 5.69 Å². The molecule has 0 spiro atoms. The third-order valence-electron chi connectivity index (χ3n) is 4.58. The summed E-state index contributed by atoms with van der Waals surface area (Å²) in [5.41, 5.74) is -2.18. The highest BCUT2D eigenvalue weighted by molar-refractivity contribution is 5.81. The van der Waals surface area contributed by atoms with Gasteiger partial charge in [-0.05, 0) is 26.3 Å². The first-order chi connectivity index (χ1) is 14.1. The molecule has 0 aliphatic carbocycles. The maximum Gasteiger partial charge on any atom is 0.437 e. The SMILES string of the molecule is Cc1[nH]c2c(-c3ccccc3)c(C(F)(F)F)nn2c(=O)c1-c1nn(C(C)C)c(=O)o1. The average Bonchev–Trinajstić information content (AvgIpc) is 3.23. The van der Waals surface area contributed by atoms with Crippen molar-refractivity contribution in [3.63, 3.8) is 0 Å². The van der Waals surface area contributed by atoms with Gasteiger partial charge in [-0.15, -0.1) is 5.10 Å². The van der Waals surface area contributed by atoms with Crippen molar-refractivity contribution in [2.75, 3.05) is 0 Å². The molecule has 0 atom stereocenters. The topological polar surface area (TPSA) is 98.2 Å². The quantitative estimate of drug-likeness (QED) is 0.549. The van der Waals surface area contributed by atoms with Crippen LogP contribution in [0, 0.1) is 6.92 Å². The van der Waals surface area contributed by atoms with Gasteiger partial charge >= 0.3 is 11.9 Å². The van der Waals surface area contributed by atoms with E-state index in [9.17, 15) is 22.8 Å². The zero-order valence-electron chi connectivity index (χ0n) is 16.1. The molecule has 4 rings (SSSR count). The lowest BCUT2D eigenvalue weighted by molar-refractivity contribution is -0.140. The van der Waals surface area contributed by atoms with Gasteiger partial charge in [0.2, 0.25) is 0 Å². The average molecular weight is 419 g/mol. The predicted octanol–water partition coefficient (Wildman–Crippen LogP) is 3.41. The van der Waals surface area contributed by atoms with Crippen molar-refractivity contribution in [3.05, 3.63) is 62.6 Å². The first-order valence-corrected chi connectivity index (χ1v) is 8.98. The van der Waals surface area contributed by atoms with Crippen molar-refractivity contribution in [1.82, 2.24) is 24.4 Å². The smallest absolute Gasteiger partial charge is 0.387 e. The molecule has 3 heterocycles. The van der Waals surface area contributed by atoms with Crippen LogP contribution in [0.1, 0.15) is 31.3 Å². The molecule has 0 bridgehead atoms. The number of hydrogen-bond donors (Lipinski definition) is 1. The van der Waals surface area contributed by atoms with Gasteiger partial charge in [-0.2, -0.15) is 27.5 Å². The fourth-order valence-corrected chi connectivity index (χ4v) is 3.23. The van der Waals surface area contributed by atoms with Crippen LogP contribution in [0.2, 0.25) is 0 Å². The van der Waals surface area contributed by atoms with E-state index in [-0.39, 0.29) is 40.0 Å². The minimum Gasteiger partial charge on any atom is -0.387 e. The van der Waals surface area contributed by atoms with Gasteiger partial charge in [-0.3, -0.25) is 4.79 Å². The maximum absolute atomic E-state index is 13.7. The molecule has 4 aromatic rings. The lowest BCUT2D eigenvalue weighted by atomic mass is 10.1. The highest BCUT2D eigenvalue weighted by Crippen LogP contribution is 2.38. The summed E-state index contributed by atoms with van der Waals surface area (Å²) in [6.45, 7) is 4.88. The molecule has 0 fully saturated rings. The van der Waals surface area contributed by atoms with Gasteiger partial charge in [0.25, 0.3) is 11.4 Å². The molecule has 30 heavy (non-hydrogen) atoms. The first kappa shape index (κ1) is 19.7. The lowest BCUT2D eigenvalue weighted by Gasteiger charge is -2.07. The highest BCUT2D eigenvalue weighted by Gasteiger charge is 2.39. The van der Waals surface area contributed by atoms with Crippen molar-refractivity contribution in [2.45, 2.75) is 33.0 Å². The van der Waals surface area contributed by atoms with Crippen molar-refractivity contribution < 1.29 is 17.6 Å². The minimum atomic E-state index is -4.79. The number of aromatic amines is 1. The third kappa shape index (κ3) is 3.02. The summed E-state index contributed by atoms with van der Waals surface area (Å²) in [5.74, 6) is -1.07. The van der Waals surface area contributed by atoms with Crippen molar-refractivity contribution >= 4 is 5.65 Å². The van der Waals surface area contributed by atoms with E-state index in [0.29, 0.717) is 4.52 Å². The fourth-order valence-electron chi connectivity index (χ4n) is 3.23. The van der Waals surface area contributed by atoms with E-state index in [4.69, 9.17) is 4.42 Å². The third-order valence-corrected chi connectivity index (χ3v) is 4.58. The molecule has 11 heteroatoms. The highest BCUT2D eigenvalue weighted by atomic mass is 19.4. The van der Waals surface area contributed by atoms with E-state index in [2.05, 4.69) is 15.2 Å². The number of H-pyrrole nitrogens is 1. The van der Waals surface area contributed by atoms with E-state index in [1.165, 1.54) is 19.1 Å². The number of alkyl halides is 3. The minimum absolute atomic E-state index is 0.120. The van der Waals surface area contributed by atoms with Gasteiger partial charge < -0.3 is 9.40 Å². The Labute approximate surface area is 166 Å². The Balaban J connectivity index is 2.06. The summed E-state index contributed by atoms with van der Waals surface area (Å²) in [7, 11) is 0. The molecule has 0 aliphatic heterocycles. The standard InChI is InChI=1S/C19H16F3N5O3/c1-9(2)26-18(29)30-16(25-26)12-10(3)23-15-13(11-7-5-4-6-8-11)14(19(20,21)22)24-27(15)17(12)28/h4-9,23H,1-3H3. The van der Waals surface area contributed by atoms with Crippen LogP contribution in [0.4, 0.5) is 13.2 Å². The Bertz CT molecular complexity index is 1360. The number of aromatic nitrogens is 5. The summed E-state index contributed by atoms with van der Waals surface area (Å²) in [5, 5.41) is 7.54. The second-order valence-corrected chi connectivity index (χ2v) is 6.99. The first-order valence-electron chi connectivity index (χ1n) is 8.98. The molecule has 0 unspecified atom stereocenters. The van der Waals surface area contributed by atoms with Crippen LogP contribution in [0.15, 0.2) is 44.3 Å². The molecule has 0 aliphatic rings. The van der Waals surface area contributed by atoms with Gasteiger partial charge in [0, 0.05) is 5.69 Å². The van der Waals surface area contributed by atoms with Crippen LogP contribution in [0.5, 0.6) is 0 Å². The largest absolute Gasteiger partial charge is 0.437 e. The molecule has 0 saturated heterocycles. The molecular weight excluding hydrogens is 403 g/mol. The normalized spacial score (nSPS) is 12.2. The molecule has 1 N–H and O–H groups in total. The van der Waals surface area contributed by atoms with Crippen LogP contribution in [0.3, 0.4) is 0 Å². The molecule has 0 radical (unpaired) electrons. The molecule has 0 saturated carbocycles. The summed E-state index contributed by atoms with van der Waals surface area (Å²) < 4.78 is 47.9. The number of nitrogens with zero attached hydrogens (tertiary/aromatic N) is 4. The van der Waals surface area contributed by atoms with E-state index < -0.39 is 23.2 Å².